The molecule has 1 aliphatic rings. The van der Waals surface area contributed by atoms with E-state index in [-0.39, 0.29) is 5.91 Å². The van der Waals surface area contributed by atoms with Crippen molar-refractivity contribution in [2.45, 2.75) is 0 Å². The van der Waals surface area contributed by atoms with E-state index >= 15 is 0 Å². The van der Waals surface area contributed by atoms with E-state index in [1.54, 1.807) is 24.3 Å². The lowest BCUT2D eigenvalue weighted by atomic mass is 10.2. The molecule has 0 aromatic heterocycles. The number of nitrogens with zero attached hydrogens (tertiary/aromatic N) is 2. The van der Waals surface area contributed by atoms with Crippen LogP contribution in [0.2, 0.25) is 5.02 Å². The normalized spacial score (nSPS) is 14.9. The molecule has 0 aliphatic carbocycles. The fraction of sp³-hybridized carbons (Fsp3) is 0.263. The van der Waals surface area contributed by atoms with E-state index < -0.39 is 5.91 Å². The van der Waals surface area contributed by atoms with Gasteiger partial charge in [0.1, 0.15) is 0 Å². The number of rotatable bonds is 5. The van der Waals surface area contributed by atoms with Crippen LogP contribution in [0.3, 0.4) is 0 Å². The smallest absolute Gasteiger partial charge is 0.248 e. The number of nitrogens with two attached hydrogens (primary N) is 1. The Morgan fingerprint density at radius 1 is 1.00 bits per heavy atom. The van der Waals surface area contributed by atoms with Crippen molar-refractivity contribution in [3.05, 3.63) is 59.1 Å². The van der Waals surface area contributed by atoms with Gasteiger partial charge in [0.2, 0.25) is 11.8 Å². The standard InChI is InChI=1S/C19H21ClN4O2/c20-16-3-1-2-4-17(16)24-11-9-23(10-12-24)13-18(25)22-15-7-5-14(6-8-15)19(21)26/h1-8H,9-13H2,(H2,21,26)(H,22,25). The Hall–Kier alpha value is -2.57. The van der Waals surface area contributed by atoms with Crippen LogP contribution in [0.4, 0.5) is 11.4 Å². The monoisotopic (exact) mass is 372 g/mol. The first-order valence-corrected chi connectivity index (χ1v) is 8.82. The average molecular weight is 373 g/mol. The maximum Gasteiger partial charge on any atom is 0.248 e. The van der Waals surface area contributed by atoms with Crippen LogP contribution < -0.4 is 16.0 Å². The summed E-state index contributed by atoms with van der Waals surface area (Å²) in [6.07, 6.45) is 0. The molecule has 1 heterocycles. The number of halogens is 1. The van der Waals surface area contributed by atoms with E-state index in [0.29, 0.717) is 17.8 Å². The number of hydrogen-bond donors (Lipinski definition) is 2. The first kappa shape index (κ1) is 18.2. The molecule has 0 bridgehead atoms. The lowest BCUT2D eigenvalue weighted by Gasteiger charge is -2.36. The van der Waals surface area contributed by atoms with Gasteiger partial charge in [0.25, 0.3) is 0 Å². The summed E-state index contributed by atoms with van der Waals surface area (Å²) in [6, 6.07) is 14.3. The van der Waals surface area contributed by atoms with Crippen LogP contribution in [0.15, 0.2) is 48.5 Å². The summed E-state index contributed by atoms with van der Waals surface area (Å²) in [7, 11) is 0. The molecule has 0 radical (unpaired) electrons. The summed E-state index contributed by atoms with van der Waals surface area (Å²) in [5, 5.41) is 3.59. The highest BCUT2D eigenvalue weighted by Crippen LogP contribution is 2.25. The molecule has 2 aromatic rings. The summed E-state index contributed by atoms with van der Waals surface area (Å²) in [6.45, 7) is 3.56. The van der Waals surface area contributed by atoms with Gasteiger partial charge < -0.3 is 16.0 Å². The number of benzene rings is 2. The van der Waals surface area contributed by atoms with E-state index in [4.69, 9.17) is 17.3 Å². The van der Waals surface area contributed by atoms with Crippen LogP contribution in [0.5, 0.6) is 0 Å². The van der Waals surface area contributed by atoms with E-state index in [2.05, 4.69) is 15.1 Å². The molecule has 3 N–H and O–H groups in total. The first-order chi connectivity index (χ1) is 12.5. The zero-order chi connectivity index (χ0) is 18.5. The second kappa shape index (κ2) is 8.21. The van der Waals surface area contributed by atoms with E-state index in [1.807, 2.05) is 24.3 Å². The molecule has 2 aromatic carbocycles. The molecule has 0 spiro atoms. The number of piperazine rings is 1. The number of anilines is 2. The summed E-state index contributed by atoms with van der Waals surface area (Å²) < 4.78 is 0. The Morgan fingerprint density at radius 3 is 2.27 bits per heavy atom. The second-order valence-electron chi connectivity index (χ2n) is 6.20. The SMILES string of the molecule is NC(=O)c1ccc(NC(=O)CN2CCN(c3ccccc3Cl)CC2)cc1. The minimum absolute atomic E-state index is 0.0805. The summed E-state index contributed by atoms with van der Waals surface area (Å²) in [4.78, 5) is 27.6. The van der Waals surface area contributed by atoms with Crippen LogP contribution in [-0.4, -0.2) is 49.4 Å². The Labute approximate surface area is 157 Å². The Bertz CT molecular complexity index is 786. The molecule has 0 atom stereocenters. The first-order valence-electron chi connectivity index (χ1n) is 8.44. The van der Waals surface area contributed by atoms with Crippen molar-refractivity contribution in [2.75, 3.05) is 42.9 Å². The van der Waals surface area contributed by atoms with Crippen molar-refractivity contribution in [1.29, 1.82) is 0 Å². The quantitative estimate of drug-likeness (QED) is 0.843. The zero-order valence-corrected chi connectivity index (χ0v) is 15.1. The Balaban J connectivity index is 1.49. The lowest BCUT2D eigenvalue weighted by Crippen LogP contribution is -2.48. The molecule has 7 heteroatoms. The number of nitrogens with one attached hydrogen (secondary N) is 1. The largest absolute Gasteiger partial charge is 0.368 e. The maximum atomic E-state index is 12.2. The number of carbonyl (C=O) groups excluding carboxylic acids is 2. The van der Waals surface area contributed by atoms with Gasteiger partial charge >= 0.3 is 0 Å². The number of hydrogen-bond acceptors (Lipinski definition) is 4. The molecule has 0 unspecified atom stereocenters. The van der Waals surface area contributed by atoms with Gasteiger partial charge in [-0.1, -0.05) is 23.7 Å². The molecule has 2 amide bonds. The van der Waals surface area contributed by atoms with Gasteiger partial charge in [0, 0.05) is 37.4 Å². The van der Waals surface area contributed by atoms with Gasteiger partial charge in [-0.3, -0.25) is 14.5 Å². The maximum absolute atomic E-state index is 12.2. The van der Waals surface area contributed by atoms with Gasteiger partial charge in [-0.25, -0.2) is 0 Å². The number of amides is 2. The molecular weight excluding hydrogens is 352 g/mol. The predicted molar refractivity (Wildman–Crippen MR) is 104 cm³/mol. The van der Waals surface area contributed by atoms with Crippen LogP contribution in [0.1, 0.15) is 10.4 Å². The van der Waals surface area contributed by atoms with Gasteiger partial charge in [-0.2, -0.15) is 0 Å². The molecule has 1 aliphatic heterocycles. The molecule has 6 nitrogen and oxygen atoms in total. The van der Waals surface area contributed by atoms with Crippen molar-refractivity contribution in [3.63, 3.8) is 0 Å². The number of para-hydroxylation sites is 1. The third kappa shape index (κ3) is 4.53. The summed E-state index contributed by atoms with van der Waals surface area (Å²) >= 11 is 6.25. The molecular formula is C19H21ClN4O2. The lowest BCUT2D eigenvalue weighted by molar-refractivity contribution is -0.117. The van der Waals surface area contributed by atoms with Gasteiger partial charge in [0.05, 0.1) is 17.3 Å². The Kier molecular flexibility index (Phi) is 5.75. The zero-order valence-electron chi connectivity index (χ0n) is 14.3. The van der Waals surface area contributed by atoms with E-state index in [9.17, 15) is 9.59 Å². The number of carbonyl (C=O) groups is 2. The van der Waals surface area contributed by atoms with Gasteiger partial charge in [0.15, 0.2) is 0 Å². The average Bonchev–Trinajstić information content (AvgIpc) is 2.63. The highest BCUT2D eigenvalue weighted by molar-refractivity contribution is 6.33. The molecule has 26 heavy (non-hydrogen) atoms. The van der Waals surface area contributed by atoms with Crippen LogP contribution in [-0.2, 0) is 4.79 Å². The van der Waals surface area contributed by atoms with E-state index in [0.717, 1.165) is 36.9 Å². The van der Waals surface area contributed by atoms with Crippen molar-refractivity contribution < 1.29 is 9.59 Å². The van der Waals surface area contributed by atoms with Crippen molar-refractivity contribution in [3.8, 4) is 0 Å². The molecule has 0 saturated carbocycles. The van der Waals surface area contributed by atoms with Crippen molar-refractivity contribution in [2.24, 2.45) is 5.73 Å². The van der Waals surface area contributed by atoms with Gasteiger partial charge in [-0.15, -0.1) is 0 Å². The Morgan fingerprint density at radius 2 is 1.65 bits per heavy atom. The fourth-order valence-corrected chi connectivity index (χ4v) is 3.23. The highest BCUT2D eigenvalue weighted by atomic mass is 35.5. The van der Waals surface area contributed by atoms with Crippen molar-refractivity contribution >= 4 is 34.8 Å². The van der Waals surface area contributed by atoms with Crippen LogP contribution >= 0.6 is 11.6 Å². The van der Waals surface area contributed by atoms with Crippen LogP contribution in [0.25, 0.3) is 0 Å². The molecule has 3 rings (SSSR count). The van der Waals surface area contributed by atoms with Crippen molar-refractivity contribution in [1.82, 2.24) is 4.90 Å². The van der Waals surface area contributed by atoms with E-state index in [1.165, 1.54) is 0 Å². The summed E-state index contributed by atoms with van der Waals surface area (Å²) in [5.74, 6) is -0.567. The third-order valence-electron chi connectivity index (χ3n) is 4.39. The molecule has 1 saturated heterocycles. The second-order valence-corrected chi connectivity index (χ2v) is 6.61. The number of primary amides is 1. The van der Waals surface area contributed by atoms with Gasteiger partial charge in [-0.05, 0) is 36.4 Å². The molecule has 136 valence electrons. The minimum Gasteiger partial charge on any atom is -0.368 e. The minimum atomic E-state index is -0.487. The topological polar surface area (TPSA) is 78.7 Å². The highest BCUT2D eigenvalue weighted by Gasteiger charge is 2.20. The third-order valence-corrected chi connectivity index (χ3v) is 4.71. The molecule has 1 fully saturated rings. The predicted octanol–water partition coefficient (Wildman–Crippen LogP) is 2.20. The summed E-state index contributed by atoms with van der Waals surface area (Å²) in [5.41, 5.74) is 7.30. The fourth-order valence-electron chi connectivity index (χ4n) is 2.98. The van der Waals surface area contributed by atoms with Crippen LogP contribution in [0, 0.1) is 0 Å².